The van der Waals surface area contributed by atoms with Crippen LogP contribution < -0.4 is 5.43 Å². The first-order valence-electron chi connectivity index (χ1n) is 10.0. The van der Waals surface area contributed by atoms with E-state index in [2.05, 4.69) is 42.7 Å². The van der Waals surface area contributed by atoms with Gasteiger partial charge in [-0.25, -0.2) is 5.01 Å². The topological polar surface area (TPSA) is 32.3 Å². The van der Waals surface area contributed by atoms with Gasteiger partial charge in [-0.05, 0) is 24.0 Å². The molecule has 1 N–H and O–H groups in total. The highest BCUT2D eigenvalue weighted by Crippen LogP contribution is 2.08. The molecule has 0 saturated heterocycles. The molecule has 1 amide bonds. The zero-order valence-electron chi connectivity index (χ0n) is 16.4. The molecule has 0 saturated carbocycles. The molecule has 3 heteroatoms. The predicted molar refractivity (Wildman–Crippen MR) is 113 cm³/mol. The van der Waals surface area contributed by atoms with Crippen LogP contribution in [0.4, 0.5) is 0 Å². The van der Waals surface area contributed by atoms with Crippen molar-refractivity contribution in [3.8, 4) is 0 Å². The number of unbranched alkanes of at least 4 members (excludes halogenated alkanes) is 4. The Bertz CT molecular complexity index is 626. The van der Waals surface area contributed by atoms with Crippen molar-refractivity contribution < 1.29 is 4.79 Å². The molecule has 0 unspecified atom stereocenters. The van der Waals surface area contributed by atoms with Crippen LogP contribution >= 0.6 is 0 Å². The summed E-state index contributed by atoms with van der Waals surface area (Å²) >= 11 is 0. The second kappa shape index (κ2) is 12.9. The van der Waals surface area contributed by atoms with Crippen LogP contribution in [0.5, 0.6) is 0 Å². The van der Waals surface area contributed by atoms with Crippen molar-refractivity contribution >= 4 is 5.91 Å². The van der Waals surface area contributed by atoms with Gasteiger partial charge in [0.1, 0.15) is 0 Å². The molecule has 0 aliphatic rings. The van der Waals surface area contributed by atoms with E-state index in [9.17, 15) is 4.79 Å². The third-order valence-corrected chi connectivity index (χ3v) is 4.41. The number of nitrogens with one attached hydrogen (secondary N) is 1. The highest BCUT2D eigenvalue weighted by molar-refractivity contribution is 5.76. The number of benzene rings is 2. The molecule has 0 radical (unpaired) electrons. The molecule has 27 heavy (non-hydrogen) atoms. The summed E-state index contributed by atoms with van der Waals surface area (Å²) in [7, 11) is 0. The van der Waals surface area contributed by atoms with Crippen LogP contribution in [0.15, 0.2) is 72.8 Å². The van der Waals surface area contributed by atoms with Gasteiger partial charge in [0.2, 0.25) is 5.91 Å². The van der Waals surface area contributed by atoms with Crippen molar-refractivity contribution in [3.05, 3.63) is 83.9 Å². The van der Waals surface area contributed by atoms with Crippen LogP contribution in [0.3, 0.4) is 0 Å². The number of carbonyl (C=O) groups excluding carboxylic acids is 1. The summed E-state index contributed by atoms with van der Waals surface area (Å²) in [5, 5.41) is 1.99. The van der Waals surface area contributed by atoms with Gasteiger partial charge < -0.3 is 0 Å². The maximum absolute atomic E-state index is 12.4. The Balaban J connectivity index is 1.85. The SMILES string of the molecule is CCCCCC/C=C/CC(=O)NN(Cc1ccccc1)Cc1ccccc1. The molecule has 0 fully saturated rings. The molecule has 0 spiro atoms. The lowest BCUT2D eigenvalue weighted by Crippen LogP contribution is -2.40. The Morgan fingerprint density at radius 2 is 1.44 bits per heavy atom. The van der Waals surface area contributed by atoms with Crippen LogP contribution in [0.1, 0.15) is 56.6 Å². The van der Waals surface area contributed by atoms with Gasteiger partial charge in [-0.3, -0.25) is 10.2 Å². The fourth-order valence-electron chi connectivity index (χ4n) is 2.96. The van der Waals surface area contributed by atoms with E-state index in [1.807, 2.05) is 47.5 Å². The minimum atomic E-state index is 0.0340. The van der Waals surface area contributed by atoms with E-state index in [1.54, 1.807) is 0 Å². The molecule has 0 atom stereocenters. The van der Waals surface area contributed by atoms with E-state index in [1.165, 1.54) is 36.8 Å². The van der Waals surface area contributed by atoms with Crippen molar-refractivity contribution in [1.82, 2.24) is 10.4 Å². The second-order valence-corrected chi connectivity index (χ2v) is 6.89. The number of hydrogen-bond donors (Lipinski definition) is 1. The van der Waals surface area contributed by atoms with Gasteiger partial charge in [0, 0.05) is 19.5 Å². The van der Waals surface area contributed by atoms with Crippen molar-refractivity contribution in [1.29, 1.82) is 0 Å². The zero-order valence-corrected chi connectivity index (χ0v) is 16.4. The van der Waals surface area contributed by atoms with Crippen LogP contribution in [0.25, 0.3) is 0 Å². The van der Waals surface area contributed by atoms with Crippen LogP contribution in [-0.2, 0) is 17.9 Å². The lowest BCUT2D eigenvalue weighted by Gasteiger charge is -2.23. The van der Waals surface area contributed by atoms with Gasteiger partial charge in [-0.15, -0.1) is 0 Å². The summed E-state index contributed by atoms with van der Waals surface area (Å²) in [6.07, 6.45) is 10.6. The number of carbonyl (C=O) groups is 1. The normalized spacial score (nSPS) is 11.2. The maximum Gasteiger partial charge on any atom is 0.238 e. The molecule has 0 aromatic heterocycles. The van der Waals surface area contributed by atoms with Crippen molar-refractivity contribution in [3.63, 3.8) is 0 Å². The molecule has 2 aromatic carbocycles. The summed E-state index contributed by atoms with van der Waals surface area (Å²) < 4.78 is 0. The number of allylic oxidation sites excluding steroid dienone is 1. The average molecular weight is 365 g/mol. The predicted octanol–water partition coefficient (Wildman–Crippen LogP) is 5.64. The van der Waals surface area contributed by atoms with E-state index < -0.39 is 0 Å². The first kappa shape index (κ1) is 20.9. The third-order valence-electron chi connectivity index (χ3n) is 4.41. The second-order valence-electron chi connectivity index (χ2n) is 6.89. The first-order valence-corrected chi connectivity index (χ1v) is 10.0. The molecule has 0 aliphatic heterocycles. The van der Waals surface area contributed by atoms with Gasteiger partial charge in [0.25, 0.3) is 0 Å². The van der Waals surface area contributed by atoms with Crippen molar-refractivity contribution in [2.45, 2.75) is 58.5 Å². The molecule has 144 valence electrons. The van der Waals surface area contributed by atoms with Gasteiger partial charge in [-0.1, -0.05) is 99.0 Å². The monoisotopic (exact) mass is 364 g/mol. The van der Waals surface area contributed by atoms with Crippen LogP contribution in [0.2, 0.25) is 0 Å². The third kappa shape index (κ3) is 9.20. The van der Waals surface area contributed by atoms with E-state index in [0.717, 1.165) is 6.42 Å². The number of hydrazine groups is 1. The fourth-order valence-corrected chi connectivity index (χ4v) is 2.96. The van der Waals surface area contributed by atoms with E-state index in [4.69, 9.17) is 0 Å². The van der Waals surface area contributed by atoms with E-state index in [-0.39, 0.29) is 5.91 Å². The average Bonchev–Trinajstić information content (AvgIpc) is 2.69. The summed E-state index contributed by atoms with van der Waals surface area (Å²) in [5.74, 6) is 0.0340. The van der Waals surface area contributed by atoms with Gasteiger partial charge >= 0.3 is 0 Å². The lowest BCUT2D eigenvalue weighted by molar-refractivity contribution is -0.125. The Labute approximate surface area is 164 Å². The zero-order chi connectivity index (χ0) is 19.2. The van der Waals surface area contributed by atoms with Gasteiger partial charge in [0.05, 0.1) is 0 Å². The summed E-state index contributed by atoms with van der Waals surface area (Å²) in [4.78, 5) is 12.4. The highest BCUT2D eigenvalue weighted by Gasteiger charge is 2.10. The number of hydrogen-bond acceptors (Lipinski definition) is 2. The maximum atomic E-state index is 12.4. The van der Waals surface area contributed by atoms with Crippen molar-refractivity contribution in [2.75, 3.05) is 0 Å². The van der Waals surface area contributed by atoms with Gasteiger partial charge in [0.15, 0.2) is 0 Å². The molecule has 0 bridgehead atoms. The highest BCUT2D eigenvalue weighted by atomic mass is 16.2. The fraction of sp³-hybridized carbons (Fsp3) is 0.375. The molecular weight excluding hydrogens is 332 g/mol. The smallest absolute Gasteiger partial charge is 0.238 e. The summed E-state index contributed by atoms with van der Waals surface area (Å²) in [5.41, 5.74) is 5.43. The van der Waals surface area contributed by atoms with Gasteiger partial charge in [-0.2, -0.15) is 0 Å². The largest absolute Gasteiger partial charge is 0.288 e. The molecule has 2 aromatic rings. The quantitative estimate of drug-likeness (QED) is 0.300. The standard InChI is InChI=1S/C24H32N2O/c1-2-3-4-5-6-7-14-19-24(27)25-26(20-22-15-10-8-11-16-22)21-23-17-12-9-13-18-23/h7-18H,2-6,19-21H2,1H3,(H,25,27)/b14-7+. The Morgan fingerprint density at radius 3 is 2.00 bits per heavy atom. The molecule has 0 aliphatic carbocycles. The summed E-state index contributed by atoms with van der Waals surface area (Å²) in [6.45, 7) is 3.58. The minimum absolute atomic E-state index is 0.0340. The summed E-state index contributed by atoms with van der Waals surface area (Å²) in [6, 6.07) is 20.5. The van der Waals surface area contributed by atoms with Crippen molar-refractivity contribution in [2.24, 2.45) is 0 Å². The molecular formula is C24H32N2O. The first-order chi connectivity index (χ1) is 13.3. The lowest BCUT2D eigenvalue weighted by atomic mass is 10.1. The number of rotatable bonds is 12. The molecule has 0 heterocycles. The molecule has 2 rings (SSSR count). The molecule has 3 nitrogen and oxygen atoms in total. The van der Waals surface area contributed by atoms with E-state index in [0.29, 0.717) is 19.5 Å². The Kier molecular flexibility index (Phi) is 9.98. The van der Waals surface area contributed by atoms with E-state index >= 15 is 0 Å². The minimum Gasteiger partial charge on any atom is -0.288 e. The number of nitrogens with zero attached hydrogens (tertiary/aromatic N) is 1. The van der Waals surface area contributed by atoms with Crippen LogP contribution in [-0.4, -0.2) is 10.9 Å². The Hall–Kier alpha value is -2.39. The Morgan fingerprint density at radius 1 is 0.852 bits per heavy atom. The van der Waals surface area contributed by atoms with Crippen LogP contribution in [0, 0.1) is 0 Å². The number of amides is 1.